The second-order valence-corrected chi connectivity index (χ2v) is 5.25. The first kappa shape index (κ1) is 12.4. The highest BCUT2D eigenvalue weighted by Gasteiger charge is 2.34. The van der Waals surface area contributed by atoms with Crippen molar-refractivity contribution in [3.05, 3.63) is 29.6 Å². The Hall–Kier alpha value is -1.62. The van der Waals surface area contributed by atoms with E-state index in [0.29, 0.717) is 19.0 Å². The van der Waals surface area contributed by atoms with Gasteiger partial charge in [-0.1, -0.05) is 0 Å². The molecule has 0 saturated heterocycles. The van der Waals surface area contributed by atoms with Crippen molar-refractivity contribution in [3.63, 3.8) is 0 Å². The molecule has 0 aromatic heterocycles. The summed E-state index contributed by atoms with van der Waals surface area (Å²) in [7, 11) is 0. The fraction of sp³-hybridized carbons (Fsp3) is 0.500. The van der Waals surface area contributed by atoms with Gasteiger partial charge in [0.05, 0.1) is 6.54 Å². The highest BCUT2D eigenvalue weighted by Crippen LogP contribution is 2.32. The number of ether oxygens (including phenoxy) is 1. The smallest absolute Gasteiger partial charge is 0.317 e. The second kappa shape index (κ2) is 4.81. The van der Waals surface area contributed by atoms with Gasteiger partial charge in [-0.25, -0.2) is 4.39 Å². The standard InChI is InChI=1S/C14H16FNO3/c15-10-1-4-13-9(5-10)6-12(19-13)7-16(8-14(17)18)11-2-3-11/h1,4-5,11-12H,2-3,6-8H2,(H,17,18). The molecule has 5 heteroatoms. The normalized spacial score (nSPS) is 21.3. The molecule has 1 fully saturated rings. The van der Waals surface area contributed by atoms with Crippen molar-refractivity contribution < 1.29 is 19.0 Å². The van der Waals surface area contributed by atoms with Crippen LogP contribution in [0.3, 0.4) is 0 Å². The predicted molar refractivity (Wildman–Crippen MR) is 66.8 cm³/mol. The summed E-state index contributed by atoms with van der Waals surface area (Å²) in [4.78, 5) is 12.8. The second-order valence-electron chi connectivity index (χ2n) is 5.25. The molecular formula is C14H16FNO3. The van der Waals surface area contributed by atoms with Crippen LogP contribution in [0.15, 0.2) is 18.2 Å². The molecule has 1 aromatic carbocycles. The Kier molecular flexibility index (Phi) is 3.14. The monoisotopic (exact) mass is 265 g/mol. The van der Waals surface area contributed by atoms with E-state index in [2.05, 4.69) is 0 Å². The van der Waals surface area contributed by atoms with Gasteiger partial charge in [0.15, 0.2) is 0 Å². The van der Waals surface area contributed by atoms with Crippen molar-refractivity contribution in [2.24, 2.45) is 0 Å². The highest BCUT2D eigenvalue weighted by molar-refractivity contribution is 5.69. The van der Waals surface area contributed by atoms with E-state index in [-0.39, 0.29) is 18.5 Å². The number of fused-ring (bicyclic) bond motifs is 1. The summed E-state index contributed by atoms with van der Waals surface area (Å²) in [5.41, 5.74) is 0.871. The van der Waals surface area contributed by atoms with Gasteiger partial charge in [-0.15, -0.1) is 0 Å². The van der Waals surface area contributed by atoms with Gasteiger partial charge in [0.2, 0.25) is 0 Å². The number of halogens is 1. The molecule has 1 saturated carbocycles. The molecule has 2 aliphatic rings. The zero-order valence-corrected chi connectivity index (χ0v) is 10.5. The highest BCUT2D eigenvalue weighted by atomic mass is 19.1. The van der Waals surface area contributed by atoms with Crippen LogP contribution in [-0.2, 0) is 11.2 Å². The zero-order valence-electron chi connectivity index (χ0n) is 10.5. The first-order chi connectivity index (χ1) is 9.11. The Morgan fingerprint density at radius 3 is 2.95 bits per heavy atom. The van der Waals surface area contributed by atoms with E-state index in [9.17, 15) is 9.18 Å². The lowest BCUT2D eigenvalue weighted by Gasteiger charge is -2.23. The Balaban J connectivity index is 1.64. The van der Waals surface area contributed by atoms with Crippen molar-refractivity contribution in [2.75, 3.05) is 13.1 Å². The van der Waals surface area contributed by atoms with Gasteiger partial charge >= 0.3 is 5.97 Å². The molecule has 0 spiro atoms. The molecular weight excluding hydrogens is 249 g/mol. The Bertz CT molecular complexity index is 501. The topological polar surface area (TPSA) is 49.8 Å². The summed E-state index contributed by atoms with van der Waals surface area (Å²) in [6.45, 7) is 0.641. The van der Waals surface area contributed by atoms with Crippen LogP contribution < -0.4 is 4.74 Å². The fourth-order valence-corrected chi connectivity index (χ4v) is 2.61. The minimum Gasteiger partial charge on any atom is -0.488 e. The first-order valence-corrected chi connectivity index (χ1v) is 6.53. The zero-order chi connectivity index (χ0) is 13.4. The van der Waals surface area contributed by atoms with Crippen LogP contribution in [0, 0.1) is 5.82 Å². The third kappa shape index (κ3) is 2.87. The minimum absolute atomic E-state index is 0.0508. The SMILES string of the molecule is O=C(O)CN(CC1Cc2cc(F)ccc2O1)C1CC1. The van der Waals surface area contributed by atoms with Crippen molar-refractivity contribution in [1.82, 2.24) is 4.90 Å². The van der Waals surface area contributed by atoms with Gasteiger partial charge in [0.1, 0.15) is 17.7 Å². The number of rotatable bonds is 5. The summed E-state index contributed by atoms with van der Waals surface area (Å²) in [6, 6.07) is 4.90. The molecule has 19 heavy (non-hydrogen) atoms. The number of benzene rings is 1. The first-order valence-electron chi connectivity index (χ1n) is 6.53. The van der Waals surface area contributed by atoms with Gasteiger partial charge < -0.3 is 9.84 Å². The Morgan fingerprint density at radius 1 is 1.47 bits per heavy atom. The van der Waals surface area contributed by atoms with Crippen LogP contribution in [-0.4, -0.2) is 41.2 Å². The molecule has 1 N–H and O–H groups in total. The number of hydrogen-bond acceptors (Lipinski definition) is 3. The van der Waals surface area contributed by atoms with Crippen molar-refractivity contribution >= 4 is 5.97 Å². The predicted octanol–water partition coefficient (Wildman–Crippen LogP) is 1.68. The van der Waals surface area contributed by atoms with Crippen LogP contribution in [0.5, 0.6) is 5.75 Å². The molecule has 4 nitrogen and oxygen atoms in total. The van der Waals surface area contributed by atoms with Crippen LogP contribution >= 0.6 is 0 Å². The van der Waals surface area contributed by atoms with Crippen molar-refractivity contribution in [2.45, 2.75) is 31.4 Å². The van der Waals surface area contributed by atoms with Gasteiger partial charge in [-0.3, -0.25) is 9.69 Å². The average molecular weight is 265 g/mol. The number of hydrogen-bond donors (Lipinski definition) is 1. The lowest BCUT2D eigenvalue weighted by Crippen LogP contribution is -2.39. The van der Waals surface area contributed by atoms with E-state index in [1.807, 2.05) is 4.90 Å². The van der Waals surface area contributed by atoms with E-state index < -0.39 is 5.97 Å². The quantitative estimate of drug-likeness (QED) is 0.880. The van der Waals surface area contributed by atoms with Crippen LogP contribution in [0.2, 0.25) is 0 Å². The maximum absolute atomic E-state index is 13.1. The number of nitrogens with zero attached hydrogens (tertiary/aromatic N) is 1. The number of aliphatic carboxylic acids is 1. The largest absolute Gasteiger partial charge is 0.488 e. The molecule has 1 aliphatic carbocycles. The van der Waals surface area contributed by atoms with Gasteiger partial charge in [-0.2, -0.15) is 0 Å². The summed E-state index contributed by atoms with van der Waals surface area (Å²) in [6.07, 6.45) is 2.69. The number of carbonyl (C=O) groups is 1. The van der Waals surface area contributed by atoms with Gasteiger partial charge in [0, 0.05) is 24.6 Å². The lowest BCUT2D eigenvalue weighted by atomic mass is 10.1. The molecule has 1 aliphatic heterocycles. The van der Waals surface area contributed by atoms with E-state index in [4.69, 9.17) is 9.84 Å². The number of carboxylic acid groups (broad SMARTS) is 1. The summed E-state index contributed by atoms with van der Waals surface area (Å²) in [5.74, 6) is -0.349. The van der Waals surface area contributed by atoms with E-state index in [1.54, 1.807) is 6.07 Å². The maximum Gasteiger partial charge on any atom is 0.317 e. The fourth-order valence-electron chi connectivity index (χ4n) is 2.61. The molecule has 1 heterocycles. The summed E-state index contributed by atoms with van der Waals surface area (Å²) >= 11 is 0. The minimum atomic E-state index is -0.812. The summed E-state index contributed by atoms with van der Waals surface area (Å²) in [5, 5.41) is 8.91. The molecule has 1 unspecified atom stereocenters. The molecule has 0 amide bonds. The number of carboxylic acids is 1. The van der Waals surface area contributed by atoms with E-state index >= 15 is 0 Å². The molecule has 0 radical (unpaired) electrons. The molecule has 1 atom stereocenters. The summed E-state index contributed by atoms with van der Waals surface area (Å²) < 4.78 is 18.9. The molecule has 102 valence electrons. The van der Waals surface area contributed by atoms with Crippen molar-refractivity contribution in [1.29, 1.82) is 0 Å². The molecule has 3 rings (SSSR count). The van der Waals surface area contributed by atoms with Crippen LogP contribution in [0.1, 0.15) is 18.4 Å². The maximum atomic E-state index is 13.1. The Morgan fingerprint density at radius 2 is 2.26 bits per heavy atom. The van der Waals surface area contributed by atoms with Crippen LogP contribution in [0.4, 0.5) is 4.39 Å². The molecule has 1 aromatic rings. The van der Waals surface area contributed by atoms with Crippen LogP contribution in [0.25, 0.3) is 0 Å². The van der Waals surface area contributed by atoms with E-state index in [0.717, 1.165) is 24.2 Å². The van der Waals surface area contributed by atoms with Crippen molar-refractivity contribution in [3.8, 4) is 5.75 Å². The third-order valence-electron chi connectivity index (χ3n) is 3.60. The lowest BCUT2D eigenvalue weighted by molar-refractivity contribution is -0.138. The van der Waals surface area contributed by atoms with E-state index in [1.165, 1.54) is 12.1 Å². The average Bonchev–Trinajstić information content (AvgIpc) is 3.10. The van der Waals surface area contributed by atoms with Gasteiger partial charge in [-0.05, 0) is 31.0 Å². The molecule has 0 bridgehead atoms. The van der Waals surface area contributed by atoms with Gasteiger partial charge in [0.25, 0.3) is 0 Å². The third-order valence-corrected chi connectivity index (χ3v) is 3.60. The Labute approximate surface area is 110 Å².